The van der Waals surface area contributed by atoms with E-state index in [1.54, 1.807) is 11.0 Å². The van der Waals surface area contributed by atoms with Crippen molar-refractivity contribution >= 4 is 24.8 Å². The van der Waals surface area contributed by atoms with Crippen LogP contribution in [0.4, 0.5) is 4.79 Å². The first-order chi connectivity index (χ1) is 19.1. The van der Waals surface area contributed by atoms with Crippen LogP contribution < -0.4 is 10.4 Å². The van der Waals surface area contributed by atoms with Gasteiger partial charge in [-0.15, -0.1) is 6.58 Å². The molecule has 0 saturated carbocycles. The Morgan fingerprint density at radius 2 is 1.51 bits per heavy atom. The van der Waals surface area contributed by atoms with Crippen LogP contribution in [0.15, 0.2) is 73.3 Å². The zero-order valence-corrected chi connectivity index (χ0v) is 26.8. The molecule has 1 amide bonds. The molecule has 0 aliphatic carbocycles. The van der Waals surface area contributed by atoms with Gasteiger partial charge in [-0.25, -0.2) is 4.79 Å². The quantitative estimate of drug-likeness (QED) is 0.349. The Morgan fingerprint density at radius 1 is 1.00 bits per heavy atom. The van der Waals surface area contributed by atoms with Crippen LogP contribution in [0.3, 0.4) is 0 Å². The Morgan fingerprint density at radius 3 is 1.98 bits per heavy atom. The van der Waals surface area contributed by atoms with Crippen molar-refractivity contribution in [3.8, 4) is 0 Å². The van der Waals surface area contributed by atoms with Crippen LogP contribution in [0, 0.1) is 0 Å². The fourth-order valence-electron chi connectivity index (χ4n) is 6.35. The molecular formula is C33H47NO6Si. The van der Waals surface area contributed by atoms with Gasteiger partial charge in [0.1, 0.15) is 17.8 Å². The van der Waals surface area contributed by atoms with Crippen molar-refractivity contribution in [2.75, 3.05) is 6.61 Å². The third-order valence-corrected chi connectivity index (χ3v) is 12.9. The number of aliphatic hydroxyl groups is 1. The number of hydrogen-bond donors (Lipinski definition) is 1. The maximum absolute atomic E-state index is 13.9. The third-order valence-electron chi connectivity index (χ3n) is 7.85. The van der Waals surface area contributed by atoms with Gasteiger partial charge in [0, 0.05) is 0 Å². The fraction of sp³-hybridized carbons (Fsp3) is 0.545. The van der Waals surface area contributed by atoms with E-state index in [0.29, 0.717) is 6.42 Å². The molecule has 2 aliphatic heterocycles. The van der Waals surface area contributed by atoms with Crippen molar-refractivity contribution in [1.29, 1.82) is 0 Å². The van der Waals surface area contributed by atoms with E-state index in [1.165, 1.54) is 0 Å². The number of hydrogen-bond acceptors (Lipinski definition) is 6. The molecule has 2 heterocycles. The summed E-state index contributed by atoms with van der Waals surface area (Å²) in [5.41, 5.74) is -0.729. The first-order valence-corrected chi connectivity index (χ1v) is 16.4. The van der Waals surface area contributed by atoms with E-state index < -0.39 is 56.2 Å². The predicted molar refractivity (Wildman–Crippen MR) is 164 cm³/mol. The highest BCUT2D eigenvalue weighted by atomic mass is 28.4. The molecule has 0 bridgehead atoms. The number of nitrogens with zero attached hydrogens (tertiary/aromatic N) is 1. The molecule has 7 nitrogen and oxygen atoms in total. The average molecular weight is 582 g/mol. The summed E-state index contributed by atoms with van der Waals surface area (Å²) in [6.07, 6.45) is -0.566. The van der Waals surface area contributed by atoms with Crippen molar-refractivity contribution < 1.29 is 28.5 Å². The summed E-state index contributed by atoms with van der Waals surface area (Å²) in [4.78, 5) is 15.5. The first kappa shape index (κ1) is 31.4. The molecule has 2 saturated heterocycles. The second kappa shape index (κ2) is 11.6. The van der Waals surface area contributed by atoms with Gasteiger partial charge in [0.05, 0.1) is 24.8 Å². The summed E-state index contributed by atoms with van der Waals surface area (Å²) in [5, 5.41) is 13.4. The monoisotopic (exact) mass is 581 g/mol. The molecule has 0 unspecified atom stereocenters. The van der Waals surface area contributed by atoms with Crippen molar-refractivity contribution in [3.05, 3.63) is 73.3 Å². The molecule has 224 valence electrons. The molecule has 0 radical (unpaired) electrons. The van der Waals surface area contributed by atoms with Crippen LogP contribution in [0.1, 0.15) is 61.8 Å². The molecule has 1 N–H and O–H groups in total. The van der Waals surface area contributed by atoms with E-state index in [-0.39, 0.29) is 11.6 Å². The molecular weight excluding hydrogens is 534 g/mol. The number of ether oxygens (including phenoxy) is 3. The highest BCUT2D eigenvalue weighted by molar-refractivity contribution is 6.99. The van der Waals surface area contributed by atoms with Crippen molar-refractivity contribution in [1.82, 2.24) is 4.90 Å². The fourth-order valence-corrected chi connectivity index (χ4v) is 10.9. The number of fused-ring (bicyclic) bond motifs is 1. The average Bonchev–Trinajstić information content (AvgIpc) is 3.34. The number of rotatable bonds is 8. The summed E-state index contributed by atoms with van der Waals surface area (Å²) in [5.74, 6) is -0.878. The Labute approximate surface area is 246 Å². The minimum atomic E-state index is -2.93. The molecule has 2 fully saturated rings. The Kier molecular flexibility index (Phi) is 8.93. The van der Waals surface area contributed by atoms with Crippen LogP contribution in [-0.2, 0) is 18.6 Å². The topological polar surface area (TPSA) is 77.5 Å². The van der Waals surface area contributed by atoms with Gasteiger partial charge < -0.3 is 23.7 Å². The van der Waals surface area contributed by atoms with Gasteiger partial charge in [0.25, 0.3) is 8.32 Å². The number of likely N-dealkylation sites (tertiary alicyclic amines) is 1. The number of carbonyl (C=O) groups excluding carboxylic acids is 1. The summed E-state index contributed by atoms with van der Waals surface area (Å²) < 4.78 is 26.0. The first-order valence-electron chi connectivity index (χ1n) is 14.5. The molecule has 2 aromatic rings. The molecule has 2 aliphatic rings. The zero-order valence-electron chi connectivity index (χ0n) is 25.8. The SMILES string of the molecule is C=CC[C@@H](O)[C@H]1[C@H]2OC(C)(C)O[C@H]2[C@H](CO[Si](c2ccccc2)(c2ccccc2)C(C)(C)C)N1C(=O)OC(C)(C)C. The summed E-state index contributed by atoms with van der Waals surface area (Å²) in [7, 11) is -2.93. The van der Waals surface area contributed by atoms with Crippen LogP contribution in [0.25, 0.3) is 0 Å². The van der Waals surface area contributed by atoms with Gasteiger partial charge in [-0.3, -0.25) is 4.90 Å². The van der Waals surface area contributed by atoms with Gasteiger partial charge in [0.15, 0.2) is 5.79 Å². The van der Waals surface area contributed by atoms with Crippen molar-refractivity contribution in [2.24, 2.45) is 0 Å². The highest BCUT2D eigenvalue weighted by Gasteiger charge is 2.62. The number of amides is 1. The van der Waals surface area contributed by atoms with Crippen LogP contribution in [0.2, 0.25) is 5.04 Å². The maximum Gasteiger partial charge on any atom is 0.411 e. The molecule has 0 spiro atoms. The summed E-state index contributed by atoms with van der Waals surface area (Å²) >= 11 is 0. The Balaban J connectivity index is 1.82. The highest BCUT2D eigenvalue weighted by Crippen LogP contribution is 2.44. The van der Waals surface area contributed by atoms with E-state index in [9.17, 15) is 9.90 Å². The number of benzene rings is 2. The second-order valence-corrected chi connectivity index (χ2v) is 17.9. The van der Waals surface area contributed by atoms with E-state index in [4.69, 9.17) is 18.6 Å². The van der Waals surface area contributed by atoms with Crippen LogP contribution in [-0.4, -0.2) is 72.8 Å². The van der Waals surface area contributed by atoms with Crippen LogP contribution >= 0.6 is 0 Å². The molecule has 0 aromatic heterocycles. The lowest BCUT2D eigenvalue weighted by molar-refractivity contribution is -0.173. The zero-order chi connectivity index (χ0) is 30.2. The lowest BCUT2D eigenvalue weighted by Crippen LogP contribution is -2.67. The number of aliphatic hydroxyl groups excluding tert-OH is 1. The largest absolute Gasteiger partial charge is 0.444 e. The summed E-state index contributed by atoms with van der Waals surface area (Å²) in [6, 6.07) is 19.5. The van der Waals surface area contributed by atoms with Crippen molar-refractivity contribution in [3.63, 3.8) is 0 Å². The van der Waals surface area contributed by atoms with Gasteiger partial charge in [-0.05, 0) is 56.5 Å². The second-order valence-electron chi connectivity index (χ2n) is 13.6. The maximum atomic E-state index is 13.9. The standard InChI is InChI=1S/C33H47NO6Si/c1-10-17-26(35)27-29-28(38-33(8,9)39-29)25(34(27)30(36)40-31(2,3)4)22-37-41(32(5,6)7,23-18-13-11-14-19-23)24-20-15-12-16-21-24/h10-16,18-21,25-29,35H,1,17,22H2,2-9H3/t25-,26+,27-,28-,29+/m0/s1. The minimum Gasteiger partial charge on any atom is -0.444 e. The van der Waals surface area contributed by atoms with E-state index in [2.05, 4.69) is 51.6 Å². The Hall–Kier alpha value is -2.49. The van der Waals surface area contributed by atoms with E-state index >= 15 is 0 Å². The minimum absolute atomic E-state index is 0.185. The third kappa shape index (κ3) is 6.32. The van der Waals surface area contributed by atoms with E-state index in [1.807, 2.05) is 71.0 Å². The molecule has 4 rings (SSSR count). The lowest BCUT2D eigenvalue weighted by Gasteiger charge is -2.44. The van der Waals surface area contributed by atoms with Gasteiger partial charge in [0.2, 0.25) is 0 Å². The summed E-state index contributed by atoms with van der Waals surface area (Å²) in [6.45, 7) is 19.9. The van der Waals surface area contributed by atoms with Crippen molar-refractivity contribution in [2.45, 2.75) is 109 Å². The van der Waals surface area contributed by atoms with Gasteiger partial charge in [-0.1, -0.05) is 87.5 Å². The molecule has 5 atom stereocenters. The normalized spacial score (nSPS) is 25.0. The lowest BCUT2D eigenvalue weighted by atomic mass is 10.0. The van der Waals surface area contributed by atoms with Gasteiger partial charge in [-0.2, -0.15) is 0 Å². The predicted octanol–water partition coefficient (Wildman–Crippen LogP) is 5.01. The molecule has 8 heteroatoms. The van der Waals surface area contributed by atoms with Gasteiger partial charge >= 0.3 is 6.09 Å². The van der Waals surface area contributed by atoms with E-state index in [0.717, 1.165) is 10.4 Å². The number of carbonyl (C=O) groups is 1. The molecule has 2 aromatic carbocycles. The van der Waals surface area contributed by atoms with Crippen LogP contribution in [0.5, 0.6) is 0 Å². The Bertz CT molecular complexity index is 1150. The smallest absolute Gasteiger partial charge is 0.411 e. The molecule has 41 heavy (non-hydrogen) atoms.